The van der Waals surface area contributed by atoms with Crippen LogP contribution >= 0.6 is 15.9 Å². The predicted molar refractivity (Wildman–Crippen MR) is 39.9 cm³/mol. The van der Waals surface area contributed by atoms with E-state index in [9.17, 15) is 4.79 Å². The molecule has 1 saturated heterocycles. The first-order chi connectivity index (χ1) is 4.77. The minimum Gasteiger partial charge on any atom is -0.461 e. The molecule has 0 aromatic heterocycles. The van der Waals surface area contributed by atoms with Crippen LogP contribution in [0.15, 0.2) is 0 Å². The van der Waals surface area contributed by atoms with Gasteiger partial charge in [-0.3, -0.25) is 4.79 Å². The van der Waals surface area contributed by atoms with Gasteiger partial charge in [-0.05, 0) is 12.8 Å². The van der Waals surface area contributed by atoms with Crippen LogP contribution in [-0.2, 0) is 9.53 Å². The first kappa shape index (κ1) is 6.65. The first-order valence-corrected chi connectivity index (χ1v) is 4.52. The summed E-state index contributed by atoms with van der Waals surface area (Å²) < 4.78 is 5.11. The third kappa shape index (κ3) is 0.875. The largest absolute Gasteiger partial charge is 0.461 e. The summed E-state index contributed by atoms with van der Waals surface area (Å²) in [5, 5.41) is 0. The highest BCUT2D eigenvalue weighted by molar-refractivity contribution is 9.09. The maximum Gasteiger partial charge on any atom is 0.306 e. The Hall–Kier alpha value is -0.0500. The van der Waals surface area contributed by atoms with Crippen molar-refractivity contribution in [3.8, 4) is 0 Å². The second-order valence-electron chi connectivity index (χ2n) is 3.01. The Labute approximate surface area is 68.1 Å². The van der Waals surface area contributed by atoms with Gasteiger partial charge in [0.25, 0.3) is 0 Å². The highest BCUT2D eigenvalue weighted by Gasteiger charge is 2.43. The fraction of sp³-hybridized carbons (Fsp3) is 0.857. The molecule has 10 heavy (non-hydrogen) atoms. The molecular weight excluding hydrogens is 196 g/mol. The van der Waals surface area contributed by atoms with Gasteiger partial charge >= 0.3 is 5.97 Å². The van der Waals surface area contributed by atoms with Crippen molar-refractivity contribution < 1.29 is 9.53 Å². The molecule has 2 aliphatic rings. The smallest absolute Gasteiger partial charge is 0.306 e. The van der Waals surface area contributed by atoms with Gasteiger partial charge in [0.05, 0.1) is 11.2 Å². The van der Waals surface area contributed by atoms with E-state index >= 15 is 0 Å². The van der Waals surface area contributed by atoms with Crippen LogP contribution in [0.3, 0.4) is 0 Å². The highest BCUT2D eigenvalue weighted by Crippen LogP contribution is 2.39. The number of carbonyl (C=O) groups is 1. The molecule has 1 aliphatic carbocycles. The average molecular weight is 205 g/mol. The maximum absolute atomic E-state index is 10.8. The fourth-order valence-electron chi connectivity index (χ4n) is 1.80. The molecule has 0 N–H and O–H groups in total. The molecule has 1 heterocycles. The zero-order chi connectivity index (χ0) is 7.14. The summed E-state index contributed by atoms with van der Waals surface area (Å²) in [7, 11) is 0. The zero-order valence-corrected chi connectivity index (χ0v) is 7.13. The van der Waals surface area contributed by atoms with Crippen LogP contribution in [0.25, 0.3) is 0 Å². The van der Waals surface area contributed by atoms with Gasteiger partial charge in [0, 0.05) is 5.92 Å². The number of hydrogen-bond acceptors (Lipinski definition) is 2. The molecule has 2 rings (SSSR count). The normalized spacial score (nSPS) is 45.3. The summed E-state index contributed by atoms with van der Waals surface area (Å²) in [6.07, 6.45) is 3.13. The van der Waals surface area contributed by atoms with E-state index in [0.717, 1.165) is 12.8 Å². The molecule has 0 unspecified atom stereocenters. The minimum absolute atomic E-state index is 0.0147. The van der Waals surface area contributed by atoms with E-state index in [-0.39, 0.29) is 12.1 Å². The lowest BCUT2D eigenvalue weighted by atomic mass is 10.1. The minimum atomic E-state index is -0.0147. The molecule has 1 saturated carbocycles. The van der Waals surface area contributed by atoms with E-state index in [2.05, 4.69) is 15.9 Å². The van der Waals surface area contributed by atoms with Gasteiger partial charge in [-0.25, -0.2) is 0 Å². The summed E-state index contributed by atoms with van der Waals surface area (Å²) in [5.74, 6) is 0.496. The molecule has 2 fully saturated rings. The number of carbonyl (C=O) groups excluding carboxylic acids is 1. The van der Waals surface area contributed by atoms with E-state index in [0.29, 0.717) is 17.2 Å². The van der Waals surface area contributed by atoms with Gasteiger partial charge in [0.15, 0.2) is 0 Å². The van der Waals surface area contributed by atoms with Crippen molar-refractivity contribution in [2.45, 2.75) is 30.2 Å². The standard InChI is InChI=1S/C7H9BrO2/c8-5-2-1-4-3-6(9)10-7(4)5/h4-5,7H,1-3H2/t4-,5+,7+/m0/s1. The van der Waals surface area contributed by atoms with Crippen LogP contribution in [0.2, 0.25) is 0 Å². The third-order valence-corrected chi connectivity index (χ3v) is 3.31. The van der Waals surface area contributed by atoms with Gasteiger partial charge in [-0.2, -0.15) is 0 Å². The average Bonchev–Trinajstić information content (AvgIpc) is 2.35. The highest BCUT2D eigenvalue weighted by atomic mass is 79.9. The van der Waals surface area contributed by atoms with Gasteiger partial charge in [0.2, 0.25) is 0 Å². The van der Waals surface area contributed by atoms with E-state index in [1.165, 1.54) is 0 Å². The Morgan fingerprint density at radius 1 is 1.50 bits per heavy atom. The lowest BCUT2D eigenvalue weighted by molar-refractivity contribution is -0.141. The van der Waals surface area contributed by atoms with Crippen molar-refractivity contribution in [3.63, 3.8) is 0 Å². The second-order valence-corrected chi connectivity index (χ2v) is 4.19. The summed E-state index contributed by atoms with van der Waals surface area (Å²) in [6.45, 7) is 0. The van der Waals surface area contributed by atoms with Crippen molar-refractivity contribution in [1.82, 2.24) is 0 Å². The maximum atomic E-state index is 10.8. The Kier molecular flexibility index (Phi) is 1.48. The Morgan fingerprint density at radius 2 is 2.30 bits per heavy atom. The van der Waals surface area contributed by atoms with Gasteiger partial charge in [-0.1, -0.05) is 15.9 Å². The molecule has 0 amide bonds. The van der Waals surface area contributed by atoms with Crippen molar-refractivity contribution >= 4 is 21.9 Å². The molecule has 0 aromatic rings. The number of esters is 1. The van der Waals surface area contributed by atoms with E-state index in [4.69, 9.17) is 4.74 Å². The van der Waals surface area contributed by atoms with Crippen LogP contribution < -0.4 is 0 Å². The van der Waals surface area contributed by atoms with Crippen molar-refractivity contribution in [3.05, 3.63) is 0 Å². The zero-order valence-electron chi connectivity index (χ0n) is 5.55. The van der Waals surface area contributed by atoms with Crippen LogP contribution in [0, 0.1) is 5.92 Å². The first-order valence-electron chi connectivity index (χ1n) is 3.61. The molecule has 2 nitrogen and oxygen atoms in total. The van der Waals surface area contributed by atoms with Gasteiger partial charge < -0.3 is 4.74 Å². The number of alkyl halides is 1. The molecule has 56 valence electrons. The number of ether oxygens (including phenoxy) is 1. The topological polar surface area (TPSA) is 26.3 Å². The van der Waals surface area contributed by atoms with Crippen molar-refractivity contribution in [1.29, 1.82) is 0 Å². The monoisotopic (exact) mass is 204 g/mol. The molecule has 3 heteroatoms. The van der Waals surface area contributed by atoms with Crippen molar-refractivity contribution in [2.75, 3.05) is 0 Å². The fourth-order valence-corrected chi connectivity index (χ4v) is 2.60. The van der Waals surface area contributed by atoms with Crippen LogP contribution in [0.1, 0.15) is 19.3 Å². The summed E-state index contributed by atoms with van der Waals surface area (Å²) in [4.78, 5) is 11.2. The van der Waals surface area contributed by atoms with E-state index in [1.54, 1.807) is 0 Å². The third-order valence-electron chi connectivity index (χ3n) is 2.33. The van der Waals surface area contributed by atoms with Crippen LogP contribution in [0.4, 0.5) is 0 Å². The number of halogens is 1. The molecule has 3 atom stereocenters. The molecule has 0 spiro atoms. The molecule has 0 radical (unpaired) electrons. The molecule has 0 aromatic carbocycles. The predicted octanol–water partition coefficient (Wildman–Crippen LogP) is 1.48. The number of hydrogen-bond donors (Lipinski definition) is 0. The Morgan fingerprint density at radius 3 is 3.00 bits per heavy atom. The van der Waals surface area contributed by atoms with Crippen LogP contribution in [-0.4, -0.2) is 16.9 Å². The summed E-state index contributed by atoms with van der Waals surface area (Å²) >= 11 is 3.50. The molecular formula is C7H9BrO2. The van der Waals surface area contributed by atoms with Gasteiger partial charge in [0.1, 0.15) is 6.10 Å². The van der Waals surface area contributed by atoms with Gasteiger partial charge in [-0.15, -0.1) is 0 Å². The second kappa shape index (κ2) is 2.22. The Bertz CT molecular complexity index is 169. The van der Waals surface area contributed by atoms with E-state index < -0.39 is 0 Å². The summed E-state index contributed by atoms with van der Waals surface area (Å²) in [6, 6.07) is 0. The molecule has 0 bridgehead atoms. The lowest BCUT2D eigenvalue weighted by Gasteiger charge is -2.09. The van der Waals surface area contributed by atoms with Crippen LogP contribution in [0.5, 0.6) is 0 Å². The van der Waals surface area contributed by atoms with E-state index in [1.807, 2.05) is 0 Å². The number of fused-ring (bicyclic) bond motifs is 1. The SMILES string of the molecule is O=C1C[C@@H]2CC[C@@H](Br)[C@@H]2O1. The lowest BCUT2D eigenvalue weighted by Crippen LogP contribution is -2.18. The van der Waals surface area contributed by atoms with Crippen molar-refractivity contribution in [2.24, 2.45) is 5.92 Å². The Balaban J connectivity index is 2.12. The summed E-state index contributed by atoms with van der Waals surface area (Å²) in [5.41, 5.74) is 0. The number of rotatable bonds is 0. The molecule has 1 aliphatic heterocycles. The quantitative estimate of drug-likeness (QED) is 0.442.